The zero-order valence-corrected chi connectivity index (χ0v) is 12.4. The number of nitrogens with zero attached hydrogens (tertiary/aromatic N) is 1. The highest BCUT2D eigenvalue weighted by Gasteiger charge is 2.29. The Bertz CT molecular complexity index is 424. The molecule has 0 amide bonds. The fraction of sp³-hybridized carbons (Fsp3) is 0.625. The normalized spacial score (nSPS) is 24.4. The first-order valence-electron chi connectivity index (χ1n) is 7.48. The molecular weight excluding hydrogens is 255 g/mol. The first kappa shape index (κ1) is 15.3. The van der Waals surface area contributed by atoms with Gasteiger partial charge in [-0.1, -0.05) is 19.4 Å². The SMILES string of the molecule is CCN1CCCCC(CN)C1c1ccc(OC)c(F)c1. The minimum Gasteiger partial charge on any atom is -0.494 e. The van der Waals surface area contributed by atoms with E-state index in [1.165, 1.54) is 20.0 Å². The van der Waals surface area contributed by atoms with Gasteiger partial charge in [-0.2, -0.15) is 0 Å². The summed E-state index contributed by atoms with van der Waals surface area (Å²) in [5, 5.41) is 0. The minimum atomic E-state index is -0.291. The molecule has 1 aliphatic rings. The molecule has 1 aromatic rings. The summed E-state index contributed by atoms with van der Waals surface area (Å²) in [6.07, 6.45) is 3.51. The third kappa shape index (κ3) is 3.13. The summed E-state index contributed by atoms with van der Waals surface area (Å²) in [5.41, 5.74) is 6.98. The first-order chi connectivity index (χ1) is 9.71. The Morgan fingerprint density at radius 3 is 2.80 bits per heavy atom. The molecule has 1 aromatic carbocycles. The van der Waals surface area contributed by atoms with Crippen LogP contribution in [-0.4, -0.2) is 31.6 Å². The van der Waals surface area contributed by atoms with E-state index in [0.29, 0.717) is 18.2 Å². The molecule has 0 aliphatic carbocycles. The Balaban J connectivity index is 2.35. The smallest absolute Gasteiger partial charge is 0.165 e. The summed E-state index contributed by atoms with van der Waals surface area (Å²) in [6.45, 7) is 4.83. The lowest BCUT2D eigenvalue weighted by Gasteiger charge is -2.34. The van der Waals surface area contributed by atoms with Gasteiger partial charge >= 0.3 is 0 Å². The summed E-state index contributed by atoms with van der Waals surface area (Å²) < 4.78 is 19.0. The number of methoxy groups -OCH3 is 1. The number of rotatable bonds is 4. The number of nitrogens with two attached hydrogens (primary N) is 1. The van der Waals surface area contributed by atoms with Crippen LogP contribution in [0.2, 0.25) is 0 Å². The van der Waals surface area contributed by atoms with E-state index in [0.717, 1.165) is 25.1 Å². The number of hydrogen-bond donors (Lipinski definition) is 1. The van der Waals surface area contributed by atoms with Crippen molar-refractivity contribution in [1.82, 2.24) is 4.90 Å². The summed E-state index contributed by atoms with van der Waals surface area (Å²) in [7, 11) is 1.49. The molecule has 3 nitrogen and oxygen atoms in total. The molecule has 0 radical (unpaired) electrons. The number of ether oxygens (including phenoxy) is 1. The predicted octanol–water partition coefficient (Wildman–Crippen LogP) is 2.96. The number of hydrogen-bond acceptors (Lipinski definition) is 3. The van der Waals surface area contributed by atoms with E-state index >= 15 is 0 Å². The lowest BCUT2D eigenvalue weighted by atomic mass is 9.89. The Hall–Kier alpha value is -1.13. The Morgan fingerprint density at radius 1 is 1.40 bits per heavy atom. The standard InChI is InChI=1S/C16H25FN2O/c1-3-19-9-5-4-6-13(11-18)16(19)12-7-8-15(20-2)14(17)10-12/h7-8,10,13,16H,3-6,9,11,18H2,1-2H3. The maximum absolute atomic E-state index is 14.0. The van der Waals surface area contributed by atoms with Crippen LogP contribution in [0, 0.1) is 11.7 Å². The Morgan fingerprint density at radius 2 is 2.20 bits per heavy atom. The van der Waals surface area contributed by atoms with E-state index in [4.69, 9.17) is 10.5 Å². The van der Waals surface area contributed by atoms with E-state index in [9.17, 15) is 4.39 Å². The molecule has 0 aromatic heterocycles. The number of likely N-dealkylation sites (tertiary alicyclic amines) is 1. The van der Waals surface area contributed by atoms with Crippen molar-refractivity contribution in [1.29, 1.82) is 0 Å². The molecule has 2 atom stereocenters. The van der Waals surface area contributed by atoms with E-state index < -0.39 is 0 Å². The van der Waals surface area contributed by atoms with Crippen molar-refractivity contribution in [3.8, 4) is 5.75 Å². The molecule has 1 saturated heterocycles. The topological polar surface area (TPSA) is 38.5 Å². The molecule has 1 aliphatic heterocycles. The molecule has 0 saturated carbocycles. The third-order valence-corrected chi connectivity index (χ3v) is 4.34. The lowest BCUT2D eigenvalue weighted by Crippen LogP contribution is -2.35. The van der Waals surface area contributed by atoms with Crippen LogP contribution >= 0.6 is 0 Å². The second-order valence-corrected chi connectivity index (χ2v) is 5.46. The highest BCUT2D eigenvalue weighted by Crippen LogP contribution is 2.35. The highest BCUT2D eigenvalue weighted by atomic mass is 19.1. The second kappa shape index (κ2) is 7.04. The van der Waals surface area contributed by atoms with Crippen molar-refractivity contribution in [2.45, 2.75) is 32.2 Å². The molecule has 1 heterocycles. The van der Waals surface area contributed by atoms with E-state index in [2.05, 4.69) is 11.8 Å². The average molecular weight is 280 g/mol. The van der Waals surface area contributed by atoms with Crippen LogP contribution in [0.5, 0.6) is 5.75 Å². The van der Waals surface area contributed by atoms with Gasteiger partial charge in [0.2, 0.25) is 0 Å². The Kier molecular flexibility index (Phi) is 5.38. The van der Waals surface area contributed by atoms with Crippen LogP contribution in [0.4, 0.5) is 4.39 Å². The van der Waals surface area contributed by atoms with Crippen molar-refractivity contribution in [3.63, 3.8) is 0 Å². The maximum Gasteiger partial charge on any atom is 0.165 e. The van der Waals surface area contributed by atoms with Crippen molar-refractivity contribution in [2.24, 2.45) is 11.7 Å². The van der Waals surface area contributed by atoms with Gasteiger partial charge in [-0.15, -0.1) is 0 Å². The highest BCUT2D eigenvalue weighted by molar-refractivity contribution is 5.31. The largest absolute Gasteiger partial charge is 0.494 e. The van der Waals surface area contributed by atoms with E-state index in [1.54, 1.807) is 12.1 Å². The molecule has 2 rings (SSSR count). The fourth-order valence-corrected chi connectivity index (χ4v) is 3.27. The molecule has 2 unspecified atom stereocenters. The zero-order chi connectivity index (χ0) is 14.5. The van der Waals surface area contributed by atoms with Crippen molar-refractivity contribution in [3.05, 3.63) is 29.6 Å². The molecule has 0 bridgehead atoms. The number of benzene rings is 1. The van der Waals surface area contributed by atoms with Crippen LogP contribution in [-0.2, 0) is 0 Å². The third-order valence-electron chi connectivity index (χ3n) is 4.34. The fourth-order valence-electron chi connectivity index (χ4n) is 3.27. The lowest BCUT2D eigenvalue weighted by molar-refractivity contribution is 0.166. The molecule has 0 spiro atoms. The van der Waals surface area contributed by atoms with Crippen molar-refractivity contribution >= 4 is 0 Å². The zero-order valence-electron chi connectivity index (χ0n) is 12.4. The van der Waals surface area contributed by atoms with Gasteiger partial charge in [0.1, 0.15) is 0 Å². The van der Waals surface area contributed by atoms with Gasteiger partial charge in [0.05, 0.1) is 7.11 Å². The van der Waals surface area contributed by atoms with Gasteiger partial charge in [-0.25, -0.2) is 4.39 Å². The van der Waals surface area contributed by atoms with Gasteiger partial charge in [0.15, 0.2) is 11.6 Å². The number of halogens is 1. The van der Waals surface area contributed by atoms with Gasteiger partial charge in [0.25, 0.3) is 0 Å². The van der Waals surface area contributed by atoms with Crippen molar-refractivity contribution < 1.29 is 9.13 Å². The summed E-state index contributed by atoms with van der Waals surface area (Å²) in [5.74, 6) is 0.404. The monoisotopic (exact) mass is 280 g/mol. The van der Waals surface area contributed by atoms with E-state index in [-0.39, 0.29) is 11.9 Å². The van der Waals surface area contributed by atoms with Crippen molar-refractivity contribution in [2.75, 3.05) is 26.7 Å². The molecule has 2 N–H and O–H groups in total. The summed E-state index contributed by atoms with van der Waals surface area (Å²) in [4.78, 5) is 2.42. The van der Waals surface area contributed by atoms with Gasteiger partial charge < -0.3 is 10.5 Å². The second-order valence-electron chi connectivity index (χ2n) is 5.46. The minimum absolute atomic E-state index is 0.216. The molecule has 4 heteroatoms. The first-order valence-corrected chi connectivity index (χ1v) is 7.48. The maximum atomic E-state index is 14.0. The van der Waals surface area contributed by atoms with Gasteiger partial charge in [-0.3, -0.25) is 4.90 Å². The van der Waals surface area contributed by atoms with Gasteiger partial charge in [-0.05, 0) is 56.1 Å². The van der Waals surface area contributed by atoms with Crippen LogP contribution in [0.3, 0.4) is 0 Å². The molecule has 20 heavy (non-hydrogen) atoms. The molecule has 112 valence electrons. The summed E-state index contributed by atoms with van der Waals surface area (Å²) in [6, 6.07) is 5.52. The predicted molar refractivity (Wildman–Crippen MR) is 79.3 cm³/mol. The summed E-state index contributed by atoms with van der Waals surface area (Å²) >= 11 is 0. The van der Waals surface area contributed by atoms with Gasteiger partial charge in [0, 0.05) is 6.04 Å². The molecule has 1 fully saturated rings. The quantitative estimate of drug-likeness (QED) is 0.921. The average Bonchev–Trinajstić information content (AvgIpc) is 2.68. The van der Waals surface area contributed by atoms with Crippen LogP contribution in [0.1, 0.15) is 37.8 Å². The Labute approximate surface area is 120 Å². The molecular formula is C16H25FN2O. The van der Waals surface area contributed by atoms with Crippen LogP contribution in [0.15, 0.2) is 18.2 Å². The van der Waals surface area contributed by atoms with E-state index in [1.807, 2.05) is 6.07 Å². The van der Waals surface area contributed by atoms with Crippen LogP contribution in [0.25, 0.3) is 0 Å². The van der Waals surface area contributed by atoms with Crippen LogP contribution < -0.4 is 10.5 Å².